The van der Waals surface area contributed by atoms with Gasteiger partial charge in [0, 0.05) is 19.5 Å². The average molecular weight is 213 g/mol. The van der Waals surface area contributed by atoms with Gasteiger partial charge >= 0.3 is 0 Å². The number of Topliss-reactive ketones (excluding diaryl/α,β-unsaturated/α-hetero) is 1. The normalized spacial score (nSPS) is 25.1. The standard InChI is InChI=1S/C12H23NO2/c1-4-5-10(2)8-11(14)12-9-13(3)6-7-15-12/h10,12H,4-9H2,1-3H3. The quantitative estimate of drug-likeness (QED) is 0.696. The minimum Gasteiger partial charge on any atom is -0.368 e. The van der Waals surface area contributed by atoms with E-state index in [9.17, 15) is 4.79 Å². The van der Waals surface area contributed by atoms with Gasteiger partial charge in [0.05, 0.1) is 6.61 Å². The zero-order valence-corrected chi connectivity index (χ0v) is 10.2. The molecule has 0 aromatic heterocycles. The number of hydrogen-bond donors (Lipinski definition) is 0. The molecule has 3 nitrogen and oxygen atoms in total. The van der Waals surface area contributed by atoms with Crippen molar-refractivity contribution in [3.63, 3.8) is 0 Å². The van der Waals surface area contributed by atoms with E-state index in [1.54, 1.807) is 0 Å². The largest absolute Gasteiger partial charge is 0.368 e. The number of carbonyl (C=O) groups excluding carboxylic acids is 1. The molecule has 1 heterocycles. The summed E-state index contributed by atoms with van der Waals surface area (Å²) >= 11 is 0. The Morgan fingerprint density at radius 2 is 2.33 bits per heavy atom. The molecule has 0 amide bonds. The molecule has 3 heteroatoms. The Morgan fingerprint density at radius 3 is 2.93 bits per heavy atom. The molecule has 1 fully saturated rings. The first-order chi connectivity index (χ1) is 7.13. The van der Waals surface area contributed by atoms with Gasteiger partial charge in [-0.25, -0.2) is 0 Å². The highest BCUT2D eigenvalue weighted by molar-refractivity contribution is 5.83. The summed E-state index contributed by atoms with van der Waals surface area (Å²) < 4.78 is 5.50. The lowest BCUT2D eigenvalue weighted by molar-refractivity contribution is -0.136. The molecule has 0 radical (unpaired) electrons. The summed E-state index contributed by atoms with van der Waals surface area (Å²) in [5.74, 6) is 0.779. The lowest BCUT2D eigenvalue weighted by Gasteiger charge is -2.29. The van der Waals surface area contributed by atoms with Crippen LogP contribution in [0.5, 0.6) is 0 Å². The Labute approximate surface area is 92.8 Å². The molecule has 2 unspecified atom stereocenters. The van der Waals surface area contributed by atoms with Crippen molar-refractivity contribution in [2.75, 3.05) is 26.7 Å². The van der Waals surface area contributed by atoms with Crippen LogP contribution in [0.1, 0.15) is 33.1 Å². The van der Waals surface area contributed by atoms with Crippen LogP contribution in [-0.4, -0.2) is 43.5 Å². The highest BCUT2D eigenvalue weighted by atomic mass is 16.5. The van der Waals surface area contributed by atoms with E-state index in [-0.39, 0.29) is 11.9 Å². The molecule has 0 bridgehead atoms. The van der Waals surface area contributed by atoms with Gasteiger partial charge in [-0.1, -0.05) is 26.7 Å². The van der Waals surface area contributed by atoms with Crippen LogP contribution in [0.4, 0.5) is 0 Å². The lowest BCUT2D eigenvalue weighted by Crippen LogP contribution is -2.44. The molecule has 0 N–H and O–H groups in total. The molecular weight excluding hydrogens is 190 g/mol. The van der Waals surface area contributed by atoms with Crippen molar-refractivity contribution in [3.05, 3.63) is 0 Å². The minimum absolute atomic E-state index is 0.178. The number of nitrogens with zero attached hydrogens (tertiary/aromatic N) is 1. The third kappa shape index (κ3) is 4.31. The molecule has 0 spiro atoms. The third-order valence-electron chi connectivity index (χ3n) is 2.96. The minimum atomic E-state index is -0.178. The van der Waals surface area contributed by atoms with E-state index >= 15 is 0 Å². The van der Waals surface area contributed by atoms with Gasteiger partial charge in [0.2, 0.25) is 0 Å². The maximum atomic E-state index is 11.9. The highest BCUT2D eigenvalue weighted by Gasteiger charge is 2.25. The Kier molecular flexibility index (Phi) is 5.26. The van der Waals surface area contributed by atoms with Crippen LogP contribution in [0, 0.1) is 5.92 Å². The maximum absolute atomic E-state index is 11.9. The molecule has 1 aliphatic heterocycles. The van der Waals surface area contributed by atoms with E-state index in [1.165, 1.54) is 0 Å². The monoisotopic (exact) mass is 213 g/mol. The van der Waals surface area contributed by atoms with Crippen molar-refractivity contribution >= 4 is 5.78 Å². The van der Waals surface area contributed by atoms with Crippen LogP contribution in [0.2, 0.25) is 0 Å². The van der Waals surface area contributed by atoms with Gasteiger partial charge in [0.15, 0.2) is 5.78 Å². The van der Waals surface area contributed by atoms with E-state index in [4.69, 9.17) is 4.74 Å². The van der Waals surface area contributed by atoms with Crippen LogP contribution < -0.4 is 0 Å². The molecule has 0 saturated carbocycles. The van der Waals surface area contributed by atoms with Gasteiger partial charge in [-0.15, -0.1) is 0 Å². The molecule has 2 atom stereocenters. The average Bonchev–Trinajstić information content (AvgIpc) is 2.18. The summed E-state index contributed by atoms with van der Waals surface area (Å²) in [6.07, 6.45) is 2.78. The van der Waals surface area contributed by atoms with Crippen molar-refractivity contribution < 1.29 is 9.53 Å². The number of ether oxygens (including phenoxy) is 1. The van der Waals surface area contributed by atoms with Crippen LogP contribution in [0.3, 0.4) is 0 Å². The van der Waals surface area contributed by atoms with Crippen LogP contribution in [0.15, 0.2) is 0 Å². The number of morpholine rings is 1. The fraction of sp³-hybridized carbons (Fsp3) is 0.917. The molecule has 1 aliphatic rings. The summed E-state index contributed by atoms with van der Waals surface area (Å²) in [6.45, 7) is 6.70. The SMILES string of the molecule is CCCC(C)CC(=O)C1CN(C)CCO1. The highest BCUT2D eigenvalue weighted by Crippen LogP contribution is 2.14. The Bertz CT molecular complexity index is 206. The zero-order valence-electron chi connectivity index (χ0n) is 10.2. The zero-order chi connectivity index (χ0) is 11.3. The van der Waals surface area contributed by atoms with Crippen molar-refractivity contribution in [3.8, 4) is 0 Å². The van der Waals surface area contributed by atoms with E-state index in [1.807, 2.05) is 7.05 Å². The first-order valence-electron chi connectivity index (χ1n) is 5.96. The molecule has 0 aliphatic carbocycles. The molecule has 88 valence electrons. The van der Waals surface area contributed by atoms with Crippen LogP contribution in [0.25, 0.3) is 0 Å². The van der Waals surface area contributed by atoms with Crippen molar-refractivity contribution in [1.29, 1.82) is 0 Å². The van der Waals surface area contributed by atoms with E-state index in [2.05, 4.69) is 18.7 Å². The van der Waals surface area contributed by atoms with Crippen molar-refractivity contribution in [2.45, 2.75) is 39.2 Å². The number of hydrogen-bond acceptors (Lipinski definition) is 3. The maximum Gasteiger partial charge on any atom is 0.163 e. The summed E-state index contributed by atoms with van der Waals surface area (Å²) in [7, 11) is 2.04. The van der Waals surface area contributed by atoms with Gasteiger partial charge in [0.25, 0.3) is 0 Å². The summed E-state index contributed by atoms with van der Waals surface area (Å²) in [4.78, 5) is 14.0. The van der Waals surface area contributed by atoms with Crippen molar-refractivity contribution in [2.24, 2.45) is 5.92 Å². The Hall–Kier alpha value is -0.410. The number of carbonyl (C=O) groups is 1. The third-order valence-corrected chi connectivity index (χ3v) is 2.96. The second-order valence-electron chi connectivity index (χ2n) is 4.69. The van der Waals surface area contributed by atoms with Gasteiger partial charge in [-0.2, -0.15) is 0 Å². The second kappa shape index (κ2) is 6.23. The number of rotatable bonds is 5. The first kappa shape index (κ1) is 12.7. The predicted octanol–water partition coefficient (Wildman–Crippen LogP) is 1.71. The summed E-state index contributed by atoms with van der Waals surface area (Å²) in [5.41, 5.74) is 0. The molecule has 1 saturated heterocycles. The Balaban J connectivity index is 2.32. The van der Waals surface area contributed by atoms with Gasteiger partial charge in [0.1, 0.15) is 6.10 Å². The van der Waals surface area contributed by atoms with Crippen molar-refractivity contribution in [1.82, 2.24) is 4.90 Å². The molecule has 0 aromatic rings. The molecule has 0 aromatic carbocycles. The fourth-order valence-electron chi connectivity index (χ4n) is 2.04. The van der Waals surface area contributed by atoms with E-state index < -0.39 is 0 Å². The van der Waals surface area contributed by atoms with Gasteiger partial charge in [-0.3, -0.25) is 4.79 Å². The fourth-order valence-corrected chi connectivity index (χ4v) is 2.04. The van der Waals surface area contributed by atoms with Crippen LogP contribution in [-0.2, 0) is 9.53 Å². The Morgan fingerprint density at radius 1 is 1.60 bits per heavy atom. The van der Waals surface area contributed by atoms with Gasteiger partial charge in [-0.05, 0) is 13.0 Å². The first-order valence-corrected chi connectivity index (χ1v) is 5.96. The second-order valence-corrected chi connectivity index (χ2v) is 4.69. The number of likely N-dealkylation sites (N-methyl/N-ethyl adjacent to an activating group) is 1. The predicted molar refractivity (Wildman–Crippen MR) is 60.9 cm³/mol. The van der Waals surface area contributed by atoms with Crippen LogP contribution >= 0.6 is 0 Å². The van der Waals surface area contributed by atoms with Gasteiger partial charge < -0.3 is 9.64 Å². The van der Waals surface area contributed by atoms with E-state index in [0.29, 0.717) is 18.9 Å². The molecular formula is C12H23NO2. The topological polar surface area (TPSA) is 29.5 Å². The lowest BCUT2D eigenvalue weighted by atomic mass is 9.97. The molecule has 15 heavy (non-hydrogen) atoms. The summed E-state index contributed by atoms with van der Waals surface area (Å²) in [6, 6.07) is 0. The smallest absolute Gasteiger partial charge is 0.163 e. The molecule has 1 rings (SSSR count). The van der Waals surface area contributed by atoms with E-state index in [0.717, 1.165) is 25.9 Å². The summed E-state index contributed by atoms with van der Waals surface area (Å²) in [5, 5.41) is 0. The number of ketones is 1.